The van der Waals surface area contributed by atoms with Gasteiger partial charge in [0.05, 0.1) is 11.0 Å². The Bertz CT molecular complexity index is 845. The molecule has 0 unspecified atom stereocenters. The quantitative estimate of drug-likeness (QED) is 0.842. The lowest BCUT2D eigenvalue weighted by atomic mass is 9.80. The van der Waals surface area contributed by atoms with Crippen LogP contribution in [0.25, 0.3) is 0 Å². The van der Waals surface area contributed by atoms with E-state index in [1.807, 2.05) is 31.2 Å². The Morgan fingerprint density at radius 1 is 1.08 bits per heavy atom. The van der Waals surface area contributed by atoms with Crippen LogP contribution in [0.3, 0.4) is 0 Å². The summed E-state index contributed by atoms with van der Waals surface area (Å²) in [5.74, 6) is 0.115. The summed E-state index contributed by atoms with van der Waals surface area (Å²) in [6.07, 6.45) is 2.08. The first-order chi connectivity index (χ1) is 11.6. The third-order valence-corrected chi connectivity index (χ3v) is 6.90. The number of aryl methyl sites for hydroxylation is 2. The minimum absolute atomic E-state index is 0.115. The number of ether oxygens (including phenoxy) is 1. The van der Waals surface area contributed by atoms with Gasteiger partial charge in [-0.15, -0.1) is 0 Å². The molecular weight excluding hydrogens is 322 g/mol. The van der Waals surface area contributed by atoms with E-state index in [9.17, 15) is 8.42 Å². The van der Waals surface area contributed by atoms with Crippen molar-refractivity contribution in [3.63, 3.8) is 0 Å². The zero-order chi connectivity index (χ0) is 16.7. The normalized spacial score (nSPS) is 24.2. The van der Waals surface area contributed by atoms with E-state index in [2.05, 4.69) is 12.1 Å². The van der Waals surface area contributed by atoms with Gasteiger partial charge >= 0.3 is 0 Å². The molecular formula is C19H21NO3S. The summed E-state index contributed by atoms with van der Waals surface area (Å²) < 4.78 is 33.3. The van der Waals surface area contributed by atoms with Crippen LogP contribution in [0.2, 0.25) is 0 Å². The highest BCUT2D eigenvalue weighted by Gasteiger charge is 2.39. The fourth-order valence-electron chi connectivity index (χ4n) is 3.72. The summed E-state index contributed by atoms with van der Waals surface area (Å²) in [5, 5.41) is 0. The van der Waals surface area contributed by atoms with Crippen molar-refractivity contribution in [2.45, 2.75) is 36.7 Å². The Kier molecular flexibility index (Phi) is 3.95. The second-order valence-corrected chi connectivity index (χ2v) is 8.57. The number of hydrogen-bond acceptors (Lipinski definition) is 3. The van der Waals surface area contributed by atoms with E-state index in [-0.39, 0.29) is 18.8 Å². The molecule has 1 heterocycles. The van der Waals surface area contributed by atoms with E-state index >= 15 is 0 Å². The van der Waals surface area contributed by atoms with Gasteiger partial charge in [0.2, 0.25) is 10.0 Å². The average Bonchev–Trinajstić information content (AvgIpc) is 2.61. The van der Waals surface area contributed by atoms with Crippen molar-refractivity contribution in [1.82, 2.24) is 4.31 Å². The van der Waals surface area contributed by atoms with Gasteiger partial charge in [-0.25, -0.2) is 8.42 Å². The number of sulfonamides is 1. The van der Waals surface area contributed by atoms with E-state index in [0.29, 0.717) is 11.4 Å². The van der Waals surface area contributed by atoms with Crippen molar-refractivity contribution in [2.75, 3.05) is 13.3 Å². The van der Waals surface area contributed by atoms with E-state index in [1.165, 1.54) is 15.4 Å². The molecule has 2 aromatic carbocycles. The smallest absolute Gasteiger partial charge is 0.245 e. The number of benzene rings is 2. The number of hydrogen-bond donors (Lipinski definition) is 0. The highest BCUT2D eigenvalue weighted by atomic mass is 32.2. The molecule has 1 saturated heterocycles. The maximum Gasteiger partial charge on any atom is 0.245 e. The third kappa shape index (κ3) is 2.66. The predicted octanol–water partition coefficient (Wildman–Crippen LogP) is 3.07. The maximum atomic E-state index is 12.9. The maximum absolute atomic E-state index is 12.9. The molecule has 0 spiro atoms. The van der Waals surface area contributed by atoms with Gasteiger partial charge in [0.15, 0.2) is 0 Å². The fourth-order valence-corrected chi connectivity index (χ4v) is 5.05. The van der Waals surface area contributed by atoms with Gasteiger partial charge < -0.3 is 4.74 Å². The molecule has 2 aromatic rings. The molecule has 0 bridgehead atoms. The molecule has 0 radical (unpaired) electrons. The van der Waals surface area contributed by atoms with Gasteiger partial charge in [0, 0.05) is 12.5 Å². The first kappa shape index (κ1) is 15.8. The minimum Gasteiger partial charge on any atom is -0.361 e. The second-order valence-electron chi connectivity index (χ2n) is 6.63. The molecule has 24 heavy (non-hydrogen) atoms. The Hall–Kier alpha value is -1.69. The Labute approximate surface area is 143 Å². The molecule has 126 valence electrons. The standard InChI is InChI=1S/C19H21NO3S/c1-14-6-9-16(10-7-14)24(21,22)20-12-18-17-5-3-2-4-15(17)8-11-19(18)23-13-20/h2-7,9-10,18-19H,8,11-13H2,1H3/t18-,19-/m1/s1. The summed E-state index contributed by atoms with van der Waals surface area (Å²) >= 11 is 0. The number of nitrogens with zero attached hydrogens (tertiary/aromatic N) is 1. The Morgan fingerprint density at radius 3 is 2.62 bits per heavy atom. The summed E-state index contributed by atoms with van der Waals surface area (Å²) in [7, 11) is -3.52. The van der Waals surface area contributed by atoms with Crippen LogP contribution in [0.4, 0.5) is 0 Å². The Morgan fingerprint density at radius 2 is 1.83 bits per heavy atom. The van der Waals surface area contributed by atoms with Crippen LogP contribution in [-0.2, 0) is 21.2 Å². The first-order valence-electron chi connectivity index (χ1n) is 8.32. The molecule has 1 fully saturated rings. The molecule has 4 rings (SSSR count). The summed E-state index contributed by atoms with van der Waals surface area (Å²) in [6.45, 7) is 2.57. The van der Waals surface area contributed by atoms with Crippen LogP contribution >= 0.6 is 0 Å². The van der Waals surface area contributed by atoms with Crippen LogP contribution in [0, 0.1) is 6.92 Å². The number of rotatable bonds is 2. The monoisotopic (exact) mass is 343 g/mol. The van der Waals surface area contributed by atoms with E-state index < -0.39 is 10.0 Å². The zero-order valence-electron chi connectivity index (χ0n) is 13.7. The SMILES string of the molecule is Cc1ccc(S(=O)(=O)N2CO[C@@H]3CCc4ccccc4[C@H]3C2)cc1. The van der Waals surface area contributed by atoms with Crippen LogP contribution in [-0.4, -0.2) is 32.1 Å². The molecule has 0 amide bonds. The van der Waals surface area contributed by atoms with Crippen molar-refractivity contribution < 1.29 is 13.2 Å². The molecule has 0 saturated carbocycles. The average molecular weight is 343 g/mol. The van der Waals surface area contributed by atoms with Gasteiger partial charge in [-0.05, 0) is 43.0 Å². The van der Waals surface area contributed by atoms with Crippen molar-refractivity contribution in [3.05, 3.63) is 65.2 Å². The minimum atomic E-state index is -3.52. The van der Waals surface area contributed by atoms with Crippen molar-refractivity contribution >= 4 is 10.0 Å². The van der Waals surface area contributed by atoms with Crippen LogP contribution in [0.1, 0.15) is 29.0 Å². The summed E-state index contributed by atoms with van der Waals surface area (Å²) in [6, 6.07) is 15.3. The van der Waals surface area contributed by atoms with Gasteiger partial charge in [-0.2, -0.15) is 4.31 Å². The summed E-state index contributed by atoms with van der Waals surface area (Å²) in [5.41, 5.74) is 3.60. The second kappa shape index (κ2) is 5.99. The van der Waals surface area contributed by atoms with E-state index in [4.69, 9.17) is 4.74 Å². The molecule has 1 aliphatic heterocycles. The lowest BCUT2D eigenvalue weighted by molar-refractivity contribution is -0.0559. The number of fused-ring (bicyclic) bond motifs is 3. The van der Waals surface area contributed by atoms with Crippen molar-refractivity contribution in [3.8, 4) is 0 Å². The summed E-state index contributed by atoms with van der Waals surface area (Å²) in [4.78, 5) is 0.333. The van der Waals surface area contributed by atoms with E-state index in [1.54, 1.807) is 12.1 Å². The molecule has 5 heteroatoms. The van der Waals surface area contributed by atoms with Crippen molar-refractivity contribution in [1.29, 1.82) is 0 Å². The van der Waals surface area contributed by atoms with Crippen molar-refractivity contribution in [2.24, 2.45) is 0 Å². The van der Waals surface area contributed by atoms with Gasteiger partial charge in [0.1, 0.15) is 6.73 Å². The largest absolute Gasteiger partial charge is 0.361 e. The van der Waals surface area contributed by atoms with Crippen LogP contribution < -0.4 is 0 Å². The van der Waals surface area contributed by atoms with Gasteiger partial charge in [-0.1, -0.05) is 42.0 Å². The highest BCUT2D eigenvalue weighted by molar-refractivity contribution is 7.89. The molecule has 1 aliphatic carbocycles. The van der Waals surface area contributed by atoms with E-state index in [0.717, 1.165) is 18.4 Å². The highest BCUT2D eigenvalue weighted by Crippen LogP contribution is 2.38. The molecule has 4 nitrogen and oxygen atoms in total. The molecule has 2 aliphatic rings. The molecule has 0 aromatic heterocycles. The van der Waals surface area contributed by atoms with Gasteiger partial charge in [0.25, 0.3) is 0 Å². The lowest BCUT2D eigenvalue weighted by Crippen LogP contribution is -2.47. The third-order valence-electron chi connectivity index (χ3n) is 5.09. The zero-order valence-corrected chi connectivity index (χ0v) is 14.5. The van der Waals surface area contributed by atoms with Gasteiger partial charge in [-0.3, -0.25) is 0 Å². The van der Waals surface area contributed by atoms with Crippen LogP contribution in [0.15, 0.2) is 53.4 Å². The molecule has 2 atom stereocenters. The van der Waals surface area contributed by atoms with Crippen LogP contribution in [0.5, 0.6) is 0 Å². The first-order valence-corrected chi connectivity index (χ1v) is 9.76. The Balaban J connectivity index is 1.64. The molecule has 0 N–H and O–H groups in total. The fraction of sp³-hybridized carbons (Fsp3) is 0.368. The topological polar surface area (TPSA) is 46.6 Å². The predicted molar refractivity (Wildman–Crippen MR) is 92.3 cm³/mol. The lowest BCUT2D eigenvalue weighted by Gasteiger charge is -2.41.